The van der Waals surface area contributed by atoms with Gasteiger partial charge in [0.05, 0.1) is 35.0 Å². The van der Waals surface area contributed by atoms with Crippen molar-refractivity contribution in [2.45, 2.75) is 44.4 Å². The third-order valence-corrected chi connectivity index (χ3v) is 6.32. The van der Waals surface area contributed by atoms with Gasteiger partial charge < -0.3 is 10.3 Å². The van der Waals surface area contributed by atoms with Crippen LogP contribution in [0.4, 0.5) is 18.9 Å². The predicted molar refractivity (Wildman–Crippen MR) is 116 cm³/mol. The van der Waals surface area contributed by atoms with Crippen LogP contribution in [0.3, 0.4) is 0 Å². The first kappa shape index (κ1) is 21.2. The summed E-state index contributed by atoms with van der Waals surface area (Å²) < 4.78 is 43.2. The largest absolute Gasteiger partial charge is 0.359 e. The maximum Gasteiger partial charge on any atom is 0.277 e. The first-order chi connectivity index (χ1) is 15.8. The van der Waals surface area contributed by atoms with E-state index in [1.54, 1.807) is 0 Å². The molecule has 1 amide bonds. The van der Waals surface area contributed by atoms with Crippen molar-refractivity contribution in [2.75, 3.05) is 5.32 Å². The standard InChI is InChI=1S/C23H21F3N6O/c1-23(5-3-2-4-6-23)21-17(26)7-13(10-28-21)32-12-20(30-31-32)22(33)29-19-11-27-18-9-16(25)15(24)8-14(18)19/h7-12,27H,2-6H2,1H3,(H,29,33). The molecule has 0 bridgehead atoms. The van der Waals surface area contributed by atoms with Crippen molar-refractivity contribution in [3.05, 3.63) is 65.6 Å². The molecule has 1 saturated carbocycles. The van der Waals surface area contributed by atoms with Gasteiger partial charge in [-0.3, -0.25) is 9.78 Å². The minimum Gasteiger partial charge on any atom is -0.359 e. The molecule has 2 N–H and O–H groups in total. The fourth-order valence-corrected chi connectivity index (χ4v) is 4.47. The topological polar surface area (TPSA) is 88.5 Å². The fourth-order valence-electron chi connectivity index (χ4n) is 4.47. The van der Waals surface area contributed by atoms with Crippen molar-refractivity contribution in [2.24, 2.45) is 0 Å². The van der Waals surface area contributed by atoms with Crippen LogP contribution in [-0.4, -0.2) is 30.9 Å². The molecule has 4 aromatic rings. The molecule has 3 heterocycles. The van der Waals surface area contributed by atoms with E-state index in [9.17, 15) is 18.0 Å². The van der Waals surface area contributed by atoms with Crippen molar-refractivity contribution in [1.29, 1.82) is 0 Å². The molecule has 10 heteroatoms. The van der Waals surface area contributed by atoms with Gasteiger partial charge >= 0.3 is 0 Å². The number of hydrogen-bond donors (Lipinski definition) is 2. The summed E-state index contributed by atoms with van der Waals surface area (Å²) in [6, 6.07) is 3.35. The van der Waals surface area contributed by atoms with Crippen LogP contribution in [0.15, 0.2) is 36.8 Å². The lowest BCUT2D eigenvalue weighted by Crippen LogP contribution is -2.27. The second-order valence-corrected chi connectivity index (χ2v) is 8.66. The van der Waals surface area contributed by atoms with Crippen LogP contribution in [-0.2, 0) is 5.41 Å². The smallest absolute Gasteiger partial charge is 0.277 e. The van der Waals surface area contributed by atoms with Crippen LogP contribution in [0.2, 0.25) is 0 Å². The molecule has 1 aliphatic carbocycles. The number of nitrogens with zero attached hydrogens (tertiary/aromatic N) is 4. The molecule has 1 aliphatic rings. The Bertz CT molecular complexity index is 1360. The van der Waals surface area contributed by atoms with E-state index in [0.29, 0.717) is 22.3 Å². The highest BCUT2D eigenvalue weighted by atomic mass is 19.2. The summed E-state index contributed by atoms with van der Waals surface area (Å²) in [6.07, 6.45) is 9.36. The van der Waals surface area contributed by atoms with Crippen LogP contribution >= 0.6 is 0 Å². The van der Waals surface area contributed by atoms with Gasteiger partial charge in [-0.1, -0.05) is 31.4 Å². The van der Waals surface area contributed by atoms with Gasteiger partial charge in [0, 0.05) is 29.1 Å². The zero-order valence-electron chi connectivity index (χ0n) is 17.8. The number of carbonyl (C=O) groups excluding carboxylic acids is 1. The van der Waals surface area contributed by atoms with Gasteiger partial charge in [0.25, 0.3) is 5.91 Å². The number of nitrogens with one attached hydrogen (secondary N) is 2. The molecule has 7 nitrogen and oxygen atoms in total. The van der Waals surface area contributed by atoms with Crippen LogP contribution in [0, 0.1) is 17.5 Å². The van der Waals surface area contributed by atoms with Crippen LogP contribution in [0.25, 0.3) is 16.6 Å². The fraction of sp³-hybridized carbons (Fsp3) is 0.304. The molecule has 3 aromatic heterocycles. The molecular weight excluding hydrogens is 433 g/mol. The number of aromatic nitrogens is 5. The Balaban J connectivity index is 1.36. The van der Waals surface area contributed by atoms with E-state index >= 15 is 0 Å². The lowest BCUT2D eigenvalue weighted by atomic mass is 9.73. The average molecular weight is 454 g/mol. The average Bonchev–Trinajstić information content (AvgIpc) is 3.43. The van der Waals surface area contributed by atoms with E-state index in [0.717, 1.165) is 44.2 Å². The number of pyridine rings is 1. The lowest BCUT2D eigenvalue weighted by Gasteiger charge is -2.33. The molecule has 5 rings (SSSR count). The summed E-state index contributed by atoms with van der Waals surface area (Å²) in [6.45, 7) is 2.04. The highest BCUT2D eigenvalue weighted by molar-refractivity contribution is 6.07. The summed E-state index contributed by atoms with van der Waals surface area (Å²) in [5.74, 6) is -3.03. The Kier molecular flexibility index (Phi) is 5.15. The van der Waals surface area contributed by atoms with E-state index in [4.69, 9.17) is 0 Å². The van der Waals surface area contributed by atoms with Gasteiger partial charge in [0.1, 0.15) is 5.82 Å². The van der Waals surface area contributed by atoms with Gasteiger partial charge in [0.2, 0.25) is 0 Å². The number of anilines is 1. The molecule has 0 unspecified atom stereocenters. The molecule has 0 atom stereocenters. The molecule has 33 heavy (non-hydrogen) atoms. The number of fused-ring (bicyclic) bond motifs is 1. The number of carbonyl (C=O) groups is 1. The summed E-state index contributed by atoms with van der Waals surface area (Å²) in [5, 5.41) is 10.7. The second kappa shape index (κ2) is 8.02. The summed E-state index contributed by atoms with van der Waals surface area (Å²) in [7, 11) is 0. The van der Waals surface area contributed by atoms with Crippen molar-refractivity contribution >= 4 is 22.5 Å². The number of aromatic amines is 1. The van der Waals surface area contributed by atoms with E-state index in [-0.39, 0.29) is 16.8 Å². The van der Waals surface area contributed by atoms with E-state index in [1.165, 1.54) is 29.3 Å². The Labute approximate surface area is 187 Å². The predicted octanol–water partition coefficient (Wildman–Crippen LogP) is 5.04. The van der Waals surface area contributed by atoms with Crippen molar-refractivity contribution < 1.29 is 18.0 Å². The number of amides is 1. The van der Waals surface area contributed by atoms with Gasteiger partial charge in [-0.15, -0.1) is 5.10 Å². The van der Waals surface area contributed by atoms with E-state index in [2.05, 4.69) is 25.6 Å². The van der Waals surface area contributed by atoms with Gasteiger partial charge in [-0.25, -0.2) is 17.9 Å². The monoisotopic (exact) mass is 454 g/mol. The molecular formula is C23H21F3N6O. The van der Waals surface area contributed by atoms with Gasteiger partial charge in [-0.2, -0.15) is 0 Å². The highest BCUT2D eigenvalue weighted by Gasteiger charge is 2.33. The van der Waals surface area contributed by atoms with E-state index < -0.39 is 23.4 Å². The molecule has 0 radical (unpaired) electrons. The number of H-pyrrole nitrogens is 1. The first-order valence-electron chi connectivity index (χ1n) is 10.7. The normalized spacial score (nSPS) is 15.6. The summed E-state index contributed by atoms with van der Waals surface area (Å²) in [5.41, 5.74) is 1.08. The quantitative estimate of drug-likeness (QED) is 0.452. The minimum absolute atomic E-state index is 0.0318. The van der Waals surface area contributed by atoms with E-state index in [1.807, 2.05) is 6.92 Å². The lowest BCUT2D eigenvalue weighted by molar-refractivity contribution is 0.102. The Morgan fingerprint density at radius 2 is 1.85 bits per heavy atom. The number of rotatable bonds is 4. The summed E-state index contributed by atoms with van der Waals surface area (Å²) >= 11 is 0. The second-order valence-electron chi connectivity index (χ2n) is 8.66. The highest BCUT2D eigenvalue weighted by Crippen LogP contribution is 2.39. The first-order valence-corrected chi connectivity index (χ1v) is 10.7. The molecule has 0 saturated heterocycles. The third-order valence-electron chi connectivity index (χ3n) is 6.32. The molecule has 0 aliphatic heterocycles. The van der Waals surface area contributed by atoms with Gasteiger partial charge in [-0.05, 0) is 18.9 Å². The SMILES string of the molecule is CC1(c2ncc(-n3cc(C(=O)Nc4c[nH]c5cc(F)c(F)cc45)nn3)cc2F)CCCCC1. The summed E-state index contributed by atoms with van der Waals surface area (Å²) in [4.78, 5) is 19.8. The Hall–Kier alpha value is -3.69. The van der Waals surface area contributed by atoms with Crippen molar-refractivity contribution in [1.82, 2.24) is 25.0 Å². The van der Waals surface area contributed by atoms with Crippen molar-refractivity contribution in [3.63, 3.8) is 0 Å². The maximum absolute atomic E-state index is 14.9. The third kappa shape index (κ3) is 3.85. The minimum atomic E-state index is -1.02. The molecule has 170 valence electrons. The Morgan fingerprint density at radius 1 is 1.09 bits per heavy atom. The number of halogens is 3. The van der Waals surface area contributed by atoms with Gasteiger partial charge in [0.15, 0.2) is 17.3 Å². The molecule has 0 spiro atoms. The van der Waals surface area contributed by atoms with Crippen LogP contribution < -0.4 is 5.32 Å². The number of benzene rings is 1. The Morgan fingerprint density at radius 3 is 2.61 bits per heavy atom. The zero-order chi connectivity index (χ0) is 23.2. The molecule has 1 fully saturated rings. The van der Waals surface area contributed by atoms with Crippen molar-refractivity contribution in [3.8, 4) is 5.69 Å². The number of hydrogen-bond acceptors (Lipinski definition) is 4. The molecule has 1 aromatic carbocycles. The maximum atomic E-state index is 14.9. The van der Waals surface area contributed by atoms with Crippen LogP contribution in [0.5, 0.6) is 0 Å². The zero-order valence-corrected chi connectivity index (χ0v) is 17.8. The van der Waals surface area contributed by atoms with Crippen LogP contribution in [0.1, 0.15) is 55.2 Å².